The molecule has 0 aliphatic heterocycles. The van der Waals surface area contributed by atoms with E-state index >= 15 is 0 Å². The van der Waals surface area contributed by atoms with E-state index in [1.54, 1.807) is 12.4 Å². The Morgan fingerprint density at radius 2 is 1.48 bits per heavy atom. The molecule has 3 aromatic rings. The van der Waals surface area contributed by atoms with Crippen molar-refractivity contribution in [2.75, 3.05) is 0 Å². The van der Waals surface area contributed by atoms with Crippen LogP contribution in [-0.2, 0) is 6.42 Å². The zero-order valence-corrected chi connectivity index (χ0v) is 11.5. The molecular formula is C20H13N. The van der Waals surface area contributed by atoms with E-state index in [4.69, 9.17) is 0 Å². The van der Waals surface area contributed by atoms with Gasteiger partial charge in [-0.1, -0.05) is 42.2 Å². The second-order valence-corrected chi connectivity index (χ2v) is 5.19. The van der Waals surface area contributed by atoms with Gasteiger partial charge in [0.05, 0.1) is 0 Å². The Balaban J connectivity index is 1.70. The Morgan fingerprint density at radius 1 is 0.714 bits per heavy atom. The number of fused-ring (bicyclic) bond motifs is 3. The Kier molecular flexibility index (Phi) is 2.80. The molecule has 1 aromatic heterocycles. The van der Waals surface area contributed by atoms with E-state index in [9.17, 15) is 0 Å². The molecule has 98 valence electrons. The van der Waals surface area contributed by atoms with Crippen molar-refractivity contribution in [1.82, 2.24) is 4.98 Å². The van der Waals surface area contributed by atoms with Crippen molar-refractivity contribution in [2.24, 2.45) is 0 Å². The zero-order valence-electron chi connectivity index (χ0n) is 11.5. The van der Waals surface area contributed by atoms with Crippen LogP contribution in [0.1, 0.15) is 22.3 Å². The molecule has 1 heterocycles. The highest BCUT2D eigenvalue weighted by atomic mass is 14.6. The molecule has 4 rings (SSSR count). The van der Waals surface area contributed by atoms with Crippen molar-refractivity contribution in [3.05, 3.63) is 89.2 Å². The quantitative estimate of drug-likeness (QED) is 0.438. The number of benzene rings is 2. The van der Waals surface area contributed by atoms with Gasteiger partial charge in [-0.3, -0.25) is 4.98 Å². The van der Waals surface area contributed by atoms with E-state index in [2.05, 4.69) is 59.3 Å². The maximum absolute atomic E-state index is 4.00. The molecule has 0 bridgehead atoms. The van der Waals surface area contributed by atoms with E-state index in [1.165, 1.54) is 22.3 Å². The summed E-state index contributed by atoms with van der Waals surface area (Å²) in [4.78, 5) is 4.00. The first-order valence-corrected chi connectivity index (χ1v) is 7.03. The average Bonchev–Trinajstić information content (AvgIpc) is 2.91. The maximum Gasteiger partial charge on any atom is 0.0280 e. The second-order valence-electron chi connectivity index (χ2n) is 5.19. The van der Waals surface area contributed by atoms with Crippen LogP contribution in [-0.4, -0.2) is 4.98 Å². The van der Waals surface area contributed by atoms with Crippen LogP contribution in [0.4, 0.5) is 0 Å². The van der Waals surface area contributed by atoms with Crippen LogP contribution in [0.2, 0.25) is 0 Å². The van der Waals surface area contributed by atoms with Crippen molar-refractivity contribution in [3.63, 3.8) is 0 Å². The summed E-state index contributed by atoms with van der Waals surface area (Å²) in [7, 11) is 0. The van der Waals surface area contributed by atoms with Gasteiger partial charge in [-0.25, -0.2) is 0 Å². The van der Waals surface area contributed by atoms with Gasteiger partial charge in [-0.15, -0.1) is 0 Å². The van der Waals surface area contributed by atoms with Crippen molar-refractivity contribution in [1.29, 1.82) is 0 Å². The molecule has 0 N–H and O–H groups in total. The number of aromatic nitrogens is 1. The molecule has 1 aliphatic carbocycles. The molecule has 0 saturated carbocycles. The Morgan fingerprint density at radius 3 is 2.38 bits per heavy atom. The van der Waals surface area contributed by atoms with E-state index in [0.29, 0.717) is 0 Å². The molecule has 0 fully saturated rings. The highest BCUT2D eigenvalue weighted by molar-refractivity contribution is 5.77. The predicted octanol–water partition coefficient (Wildman–Crippen LogP) is 4.05. The van der Waals surface area contributed by atoms with Gasteiger partial charge in [0.2, 0.25) is 0 Å². The molecule has 1 heteroatoms. The minimum Gasteiger partial charge on any atom is -0.265 e. The third-order valence-corrected chi connectivity index (χ3v) is 3.83. The molecule has 0 radical (unpaired) electrons. The van der Waals surface area contributed by atoms with Crippen molar-refractivity contribution in [3.8, 4) is 23.0 Å². The van der Waals surface area contributed by atoms with Gasteiger partial charge in [-0.2, -0.15) is 0 Å². The van der Waals surface area contributed by atoms with Gasteiger partial charge in [0.1, 0.15) is 0 Å². The Hall–Kier alpha value is -2.85. The van der Waals surface area contributed by atoms with Crippen LogP contribution >= 0.6 is 0 Å². The van der Waals surface area contributed by atoms with E-state index in [1.807, 2.05) is 12.1 Å². The summed E-state index contributed by atoms with van der Waals surface area (Å²) >= 11 is 0. The van der Waals surface area contributed by atoms with Gasteiger partial charge >= 0.3 is 0 Å². The fourth-order valence-corrected chi connectivity index (χ4v) is 2.80. The first kappa shape index (κ1) is 11.9. The summed E-state index contributed by atoms with van der Waals surface area (Å²) in [6.45, 7) is 0. The number of hydrogen-bond acceptors (Lipinski definition) is 1. The molecule has 0 amide bonds. The molecule has 21 heavy (non-hydrogen) atoms. The Bertz CT molecular complexity index is 867. The molecule has 2 aromatic carbocycles. The monoisotopic (exact) mass is 267 g/mol. The minimum atomic E-state index is 0.994. The standard InChI is InChI=1S/C20H13N/c1-2-4-19-17(3-1)14-18-13-16(7-8-20(18)19)6-5-15-9-11-21-12-10-15/h1-4,7-13H,14H2. The first-order chi connectivity index (χ1) is 10.4. The van der Waals surface area contributed by atoms with Gasteiger partial charge in [-0.05, 0) is 52.9 Å². The van der Waals surface area contributed by atoms with Crippen LogP contribution in [0.15, 0.2) is 67.0 Å². The SMILES string of the molecule is C(#Cc1ccc2c(c1)Cc1ccccc1-2)c1ccncc1. The summed E-state index contributed by atoms with van der Waals surface area (Å²) in [5.41, 5.74) is 7.55. The number of pyridine rings is 1. The summed E-state index contributed by atoms with van der Waals surface area (Å²) in [6, 6.07) is 19.0. The lowest BCUT2D eigenvalue weighted by Gasteiger charge is -2.00. The molecule has 0 spiro atoms. The molecule has 0 saturated heterocycles. The van der Waals surface area contributed by atoms with E-state index in [-0.39, 0.29) is 0 Å². The van der Waals surface area contributed by atoms with E-state index in [0.717, 1.165) is 17.5 Å². The van der Waals surface area contributed by atoms with Crippen molar-refractivity contribution < 1.29 is 0 Å². The second kappa shape index (κ2) is 4.92. The minimum absolute atomic E-state index is 0.994. The highest BCUT2D eigenvalue weighted by Gasteiger charge is 2.17. The lowest BCUT2D eigenvalue weighted by molar-refractivity contribution is 1.26. The topological polar surface area (TPSA) is 12.9 Å². The summed E-state index contributed by atoms with van der Waals surface area (Å²) < 4.78 is 0. The predicted molar refractivity (Wildman–Crippen MR) is 84.9 cm³/mol. The number of rotatable bonds is 0. The Labute approximate surface area is 124 Å². The summed E-state index contributed by atoms with van der Waals surface area (Å²) in [6.07, 6.45) is 4.54. The third-order valence-electron chi connectivity index (χ3n) is 3.83. The van der Waals surface area contributed by atoms with Crippen molar-refractivity contribution in [2.45, 2.75) is 6.42 Å². The first-order valence-electron chi connectivity index (χ1n) is 7.03. The normalized spacial score (nSPS) is 11.2. The zero-order chi connectivity index (χ0) is 14.1. The van der Waals surface area contributed by atoms with Crippen LogP contribution in [0.3, 0.4) is 0 Å². The van der Waals surface area contributed by atoms with Crippen molar-refractivity contribution >= 4 is 0 Å². The molecule has 1 aliphatic rings. The average molecular weight is 267 g/mol. The van der Waals surface area contributed by atoms with Gasteiger partial charge < -0.3 is 0 Å². The van der Waals surface area contributed by atoms with Crippen LogP contribution in [0.25, 0.3) is 11.1 Å². The number of nitrogens with zero attached hydrogens (tertiary/aromatic N) is 1. The lowest BCUT2D eigenvalue weighted by Crippen LogP contribution is -1.83. The van der Waals surface area contributed by atoms with Gasteiger partial charge in [0, 0.05) is 23.5 Å². The fourth-order valence-electron chi connectivity index (χ4n) is 2.80. The van der Waals surface area contributed by atoms with E-state index < -0.39 is 0 Å². The summed E-state index contributed by atoms with van der Waals surface area (Å²) in [5, 5.41) is 0. The third kappa shape index (κ3) is 2.22. The molecule has 0 unspecified atom stereocenters. The molecule has 0 atom stereocenters. The smallest absolute Gasteiger partial charge is 0.0280 e. The van der Waals surface area contributed by atoms with Crippen LogP contribution < -0.4 is 0 Å². The largest absolute Gasteiger partial charge is 0.265 e. The fraction of sp³-hybridized carbons (Fsp3) is 0.0500. The van der Waals surface area contributed by atoms with Crippen LogP contribution in [0.5, 0.6) is 0 Å². The maximum atomic E-state index is 4.00. The van der Waals surface area contributed by atoms with Gasteiger partial charge in [0.25, 0.3) is 0 Å². The molecular weight excluding hydrogens is 254 g/mol. The summed E-state index contributed by atoms with van der Waals surface area (Å²) in [5.74, 6) is 6.42. The highest BCUT2D eigenvalue weighted by Crippen LogP contribution is 2.36. The lowest BCUT2D eigenvalue weighted by atomic mass is 10.0. The van der Waals surface area contributed by atoms with Gasteiger partial charge in [0.15, 0.2) is 0 Å². The number of hydrogen-bond donors (Lipinski definition) is 0. The van der Waals surface area contributed by atoms with Crippen LogP contribution in [0, 0.1) is 11.8 Å². The molecule has 1 nitrogen and oxygen atoms in total.